The molecule has 0 aliphatic carbocycles. The topological polar surface area (TPSA) is 6.48 Å². The van der Waals surface area contributed by atoms with Crippen LogP contribution in [-0.4, -0.2) is 66.5 Å². The van der Waals surface area contributed by atoms with Crippen molar-refractivity contribution in [1.82, 2.24) is 8.46 Å². The second-order valence-electron chi connectivity index (χ2n) is 5.46. The van der Waals surface area contributed by atoms with E-state index in [4.69, 9.17) is 0 Å². The van der Waals surface area contributed by atoms with E-state index in [0.717, 1.165) is 0 Å². The fraction of sp³-hybridized carbons (Fsp3) is 1.00. The van der Waals surface area contributed by atoms with Crippen LogP contribution < -0.4 is 0 Å². The molecule has 1 rings (SSSR count). The molecular weight excluding hydrogens is 270 g/mol. The van der Waals surface area contributed by atoms with Crippen LogP contribution in [0.4, 0.5) is 0 Å². The first-order valence-corrected chi connectivity index (χ1v) is 13.0. The van der Waals surface area contributed by atoms with Crippen LogP contribution in [0, 0.1) is 0 Å². The lowest BCUT2D eigenvalue weighted by atomic mass is 10.7. The molecule has 2 atom stereocenters. The SMILES string of the molecule is CCN1[SiH2]N(CC)[SiH](CC)[N+](CC)(CC)[SiH]1CC. The van der Waals surface area contributed by atoms with Crippen LogP contribution in [0.3, 0.4) is 0 Å². The highest BCUT2D eigenvalue weighted by atomic mass is 28.4. The first-order chi connectivity index (χ1) is 8.64. The molecule has 2 unspecified atom stereocenters. The van der Waals surface area contributed by atoms with Gasteiger partial charge in [0.05, 0.1) is 0 Å². The molecule has 1 saturated heterocycles. The molecule has 1 aliphatic rings. The summed E-state index contributed by atoms with van der Waals surface area (Å²) in [4.78, 5) is 0. The van der Waals surface area contributed by atoms with Gasteiger partial charge in [0.1, 0.15) is 0 Å². The Labute approximate surface area is 120 Å². The monoisotopic (exact) mass is 304 g/mol. The summed E-state index contributed by atoms with van der Waals surface area (Å²) >= 11 is 0. The summed E-state index contributed by atoms with van der Waals surface area (Å²) in [6.45, 7) is 20.1. The fourth-order valence-electron chi connectivity index (χ4n) is 4.20. The fourth-order valence-corrected chi connectivity index (χ4v) is 23.3. The Hall–Kier alpha value is 0.531. The minimum Gasteiger partial charge on any atom is -0.426 e. The number of rotatable bonds is 6. The molecular formula is C12H34N3Si3+. The minimum absolute atomic E-state index is 0.0934. The molecule has 18 heavy (non-hydrogen) atoms. The summed E-state index contributed by atoms with van der Waals surface area (Å²) in [6, 6.07) is 2.95. The second kappa shape index (κ2) is 7.35. The summed E-state index contributed by atoms with van der Waals surface area (Å²) in [5.41, 5.74) is 0. The third kappa shape index (κ3) is 2.69. The van der Waals surface area contributed by atoms with E-state index in [1.807, 2.05) is 0 Å². The van der Waals surface area contributed by atoms with Crippen LogP contribution >= 0.6 is 0 Å². The van der Waals surface area contributed by atoms with Crippen LogP contribution in [0.2, 0.25) is 12.1 Å². The summed E-state index contributed by atoms with van der Waals surface area (Å²) in [5.74, 6) is 0. The minimum atomic E-state index is -0.746. The van der Waals surface area contributed by atoms with E-state index >= 15 is 0 Å². The lowest BCUT2D eigenvalue weighted by molar-refractivity contribution is -0.724. The second-order valence-corrected chi connectivity index (χ2v) is 16.5. The standard InChI is InChI=1S/C12H34N3Si3/c1-7-13-16-14(8-2)18(12-6)15(9-3,10-4)17(13)11-5/h17-18H,7-12,16H2,1-6H3/q+1. The van der Waals surface area contributed by atoms with Crippen LogP contribution in [0.15, 0.2) is 0 Å². The van der Waals surface area contributed by atoms with Crippen molar-refractivity contribution in [2.24, 2.45) is 0 Å². The highest BCUT2D eigenvalue weighted by Crippen LogP contribution is 2.27. The maximum Gasteiger partial charge on any atom is 0.330 e. The summed E-state index contributed by atoms with van der Waals surface area (Å²) in [6.07, 6.45) is 0. The van der Waals surface area contributed by atoms with Gasteiger partial charge in [0.15, 0.2) is 9.84 Å². The predicted octanol–water partition coefficient (Wildman–Crippen LogP) is 0.980. The molecule has 0 aromatic rings. The van der Waals surface area contributed by atoms with Gasteiger partial charge in [0.25, 0.3) is 0 Å². The number of hydrogen-bond donors (Lipinski definition) is 0. The maximum atomic E-state index is 3.00. The number of hydrogen-bond acceptors (Lipinski definition) is 2. The Kier molecular flexibility index (Phi) is 6.77. The van der Waals surface area contributed by atoms with E-state index in [0.29, 0.717) is 0 Å². The van der Waals surface area contributed by atoms with Crippen molar-refractivity contribution < 1.29 is 3.81 Å². The molecule has 0 N–H and O–H groups in total. The average Bonchev–Trinajstić information content (AvgIpc) is 2.44. The molecule has 0 radical (unpaired) electrons. The van der Waals surface area contributed by atoms with Gasteiger partial charge in [-0.15, -0.1) is 0 Å². The highest BCUT2D eigenvalue weighted by Gasteiger charge is 2.51. The molecule has 0 spiro atoms. The summed E-state index contributed by atoms with van der Waals surface area (Å²) in [5, 5.41) is 0. The van der Waals surface area contributed by atoms with E-state index in [1.54, 1.807) is 3.81 Å². The van der Waals surface area contributed by atoms with Gasteiger partial charge in [0.2, 0.25) is 0 Å². The summed E-state index contributed by atoms with van der Waals surface area (Å²) < 4.78 is 7.56. The number of nitrogens with zero attached hydrogens (tertiary/aromatic N) is 3. The van der Waals surface area contributed by atoms with E-state index < -0.39 is 18.2 Å². The van der Waals surface area contributed by atoms with Gasteiger partial charge in [-0.25, -0.2) is 0 Å². The van der Waals surface area contributed by atoms with Crippen molar-refractivity contribution in [3.63, 3.8) is 0 Å². The Morgan fingerprint density at radius 3 is 1.39 bits per heavy atom. The quantitative estimate of drug-likeness (QED) is 0.675. The average molecular weight is 305 g/mol. The largest absolute Gasteiger partial charge is 0.426 e. The Balaban J connectivity index is 3.14. The lowest BCUT2D eigenvalue weighted by Gasteiger charge is -2.59. The molecule has 0 saturated carbocycles. The molecule has 6 heteroatoms. The smallest absolute Gasteiger partial charge is 0.330 e. The lowest BCUT2D eigenvalue weighted by Crippen LogP contribution is -2.81. The van der Waals surface area contributed by atoms with E-state index in [2.05, 4.69) is 50.0 Å². The molecule has 0 aromatic heterocycles. The third-order valence-electron chi connectivity index (χ3n) is 5.11. The normalized spacial score (nSPS) is 31.0. The zero-order valence-electron chi connectivity index (χ0n) is 13.4. The third-order valence-corrected chi connectivity index (χ3v) is 20.0. The molecule has 0 amide bonds. The van der Waals surface area contributed by atoms with Gasteiger partial charge in [-0.2, -0.15) is 0 Å². The van der Waals surface area contributed by atoms with Crippen molar-refractivity contribution >= 4 is 28.1 Å². The molecule has 0 bridgehead atoms. The van der Waals surface area contributed by atoms with Crippen LogP contribution in [-0.2, 0) is 0 Å². The zero-order chi connectivity index (χ0) is 13.8. The van der Waals surface area contributed by atoms with Crippen LogP contribution in [0.1, 0.15) is 41.5 Å². The molecule has 1 heterocycles. The van der Waals surface area contributed by atoms with Crippen molar-refractivity contribution in [2.45, 2.75) is 53.6 Å². The molecule has 1 aliphatic heterocycles. The first-order valence-electron chi connectivity index (χ1n) is 7.99. The van der Waals surface area contributed by atoms with Gasteiger partial charge in [-0.05, 0) is 26.9 Å². The van der Waals surface area contributed by atoms with Crippen molar-refractivity contribution in [2.75, 3.05) is 26.2 Å². The van der Waals surface area contributed by atoms with Gasteiger partial charge in [0, 0.05) is 25.2 Å². The van der Waals surface area contributed by atoms with E-state index in [1.165, 1.54) is 38.3 Å². The Bertz CT molecular complexity index is 229. The Morgan fingerprint density at radius 2 is 1.17 bits per heavy atom. The molecule has 1 fully saturated rings. The van der Waals surface area contributed by atoms with E-state index in [9.17, 15) is 0 Å². The molecule has 3 nitrogen and oxygen atoms in total. The van der Waals surface area contributed by atoms with Gasteiger partial charge in [-0.3, -0.25) is 8.46 Å². The predicted molar refractivity (Wildman–Crippen MR) is 89.9 cm³/mol. The van der Waals surface area contributed by atoms with Gasteiger partial charge < -0.3 is 3.81 Å². The van der Waals surface area contributed by atoms with Crippen LogP contribution in [0.5, 0.6) is 0 Å². The van der Waals surface area contributed by atoms with E-state index in [-0.39, 0.29) is 9.84 Å². The molecule has 108 valence electrons. The Morgan fingerprint density at radius 1 is 0.778 bits per heavy atom. The number of quaternary nitrogens is 1. The van der Waals surface area contributed by atoms with Gasteiger partial charge >= 0.3 is 18.2 Å². The summed E-state index contributed by atoms with van der Waals surface area (Å²) in [7, 11) is -1.59. The highest BCUT2D eigenvalue weighted by molar-refractivity contribution is 6.74. The van der Waals surface area contributed by atoms with Crippen molar-refractivity contribution in [3.05, 3.63) is 0 Å². The van der Waals surface area contributed by atoms with Crippen molar-refractivity contribution in [3.8, 4) is 0 Å². The van der Waals surface area contributed by atoms with Crippen LogP contribution in [0.25, 0.3) is 0 Å². The van der Waals surface area contributed by atoms with Crippen molar-refractivity contribution in [1.29, 1.82) is 0 Å². The zero-order valence-corrected chi connectivity index (χ0v) is 17.2. The van der Waals surface area contributed by atoms with Gasteiger partial charge in [-0.1, -0.05) is 27.7 Å². The maximum absolute atomic E-state index is 3.00. The molecule has 0 aromatic carbocycles. The first kappa shape index (κ1) is 16.6.